The van der Waals surface area contributed by atoms with E-state index in [1.807, 2.05) is 37.4 Å². The number of methoxy groups -OCH3 is 1. The number of rotatable bonds is 5. The molecule has 2 aromatic rings. The van der Waals surface area contributed by atoms with Crippen LogP contribution in [0.1, 0.15) is 17.4 Å². The number of carbonyl (C=O) groups excluding carboxylic acids is 1. The molecule has 0 saturated carbocycles. The zero-order chi connectivity index (χ0) is 13.7. The molecular formula is C13H16N4O2. The second-order valence-electron chi connectivity index (χ2n) is 4.11. The average molecular weight is 260 g/mol. The van der Waals surface area contributed by atoms with E-state index in [0.29, 0.717) is 6.54 Å². The van der Waals surface area contributed by atoms with Crippen LogP contribution in [0.15, 0.2) is 36.7 Å². The van der Waals surface area contributed by atoms with E-state index in [0.717, 1.165) is 11.4 Å². The summed E-state index contributed by atoms with van der Waals surface area (Å²) in [7, 11) is 3.23. The van der Waals surface area contributed by atoms with Gasteiger partial charge in [0.05, 0.1) is 13.7 Å². The van der Waals surface area contributed by atoms with Gasteiger partial charge in [0, 0.05) is 7.05 Å². The van der Waals surface area contributed by atoms with Crippen LogP contribution >= 0.6 is 0 Å². The quantitative estimate of drug-likeness (QED) is 0.806. The molecule has 0 fully saturated rings. The van der Waals surface area contributed by atoms with Crippen molar-refractivity contribution in [2.45, 2.75) is 12.6 Å². The minimum atomic E-state index is -0.511. The van der Waals surface area contributed by atoms with Crippen LogP contribution in [0.25, 0.3) is 0 Å². The molecular weight excluding hydrogens is 244 g/mol. The number of aromatic nitrogens is 3. The minimum Gasteiger partial charge on any atom is -0.468 e. The van der Waals surface area contributed by atoms with Crippen molar-refractivity contribution in [2.75, 3.05) is 7.11 Å². The van der Waals surface area contributed by atoms with Crippen LogP contribution in [-0.4, -0.2) is 27.8 Å². The van der Waals surface area contributed by atoms with Crippen LogP contribution < -0.4 is 5.32 Å². The largest absolute Gasteiger partial charge is 0.468 e. The lowest BCUT2D eigenvalue weighted by molar-refractivity contribution is -0.143. The molecule has 19 heavy (non-hydrogen) atoms. The Labute approximate surface area is 111 Å². The summed E-state index contributed by atoms with van der Waals surface area (Å²) in [5.41, 5.74) is 0.858. The van der Waals surface area contributed by atoms with Crippen LogP contribution in [-0.2, 0) is 23.1 Å². The molecule has 1 atom stereocenters. The van der Waals surface area contributed by atoms with Gasteiger partial charge < -0.3 is 9.30 Å². The van der Waals surface area contributed by atoms with Crippen molar-refractivity contribution in [1.82, 2.24) is 20.1 Å². The number of benzene rings is 1. The van der Waals surface area contributed by atoms with Crippen LogP contribution in [0.5, 0.6) is 0 Å². The molecule has 0 aliphatic rings. The number of aryl methyl sites for hydroxylation is 1. The molecule has 0 amide bonds. The highest BCUT2D eigenvalue weighted by Crippen LogP contribution is 2.14. The van der Waals surface area contributed by atoms with E-state index in [1.165, 1.54) is 7.11 Å². The Morgan fingerprint density at radius 2 is 2.16 bits per heavy atom. The van der Waals surface area contributed by atoms with Gasteiger partial charge in [-0.1, -0.05) is 30.3 Å². The average Bonchev–Trinajstić information content (AvgIpc) is 2.85. The molecule has 1 heterocycles. The van der Waals surface area contributed by atoms with E-state index in [9.17, 15) is 4.79 Å². The van der Waals surface area contributed by atoms with E-state index in [1.54, 1.807) is 10.9 Å². The highest BCUT2D eigenvalue weighted by Gasteiger charge is 2.21. The van der Waals surface area contributed by atoms with Gasteiger partial charge in [0.1, 0.15) is 18.2 Å². The Morgan fingerprint density at radius 1 is 1.42 bits per heavy atom. The van der Waals surface area contributed by atoms with Crippen molar-refractivity contribution < 1.29 is 9.53 Å². The summed E-state index contributed by atoms with van der Waals surface area (Å²) in [6, 6.07) is 8.92. The monoisotopic (exact) mass is 260 g/mol. The normalized spacial score (nSPS) is 12.1. The Kier molecular flexibility index (Phi) is 4.25. The fourth-order valence-electron chi connectivity index (χ4n) is 1.76. The molecule has 0 bridgehead atoms. The number of nitrogens with zero attached hydrogens (tertiary/aromatic N) is 3. The molecule has 2 rings (SSSR count). The number of hydrogen-bond donors (Lipinski definition) is 1. The summed E-state index contributed by atoms with van der Waals surface area (Å²) in [6.45, 7) is 0.436. The number of ether oxygens (including phenoxy) is 1. The third-order valence-corrected chi connectivity index (χ3v) is 2.84. The second-order valence-corrected chi connectivity index (χ2v) is 4.11. The predicted octanol–water partition coefficient (Wildman–Crippen LogP) is 0.819. The van der Waals surface area contributed by atoms with Crippen molar-refractivity contribution >= 4 is 5.97 Å². The highest BCUT2D eigenvalue weighted by molar-refractivity contribution is 5.77. The van der Waals surface area contributed by atoms with E-state index >= 15 is 0 Å². The summed E-state index contributed by atoms with van der Waals surface area (Å²) < 4.78 is 6.62. The molecule has 0 radical (unpaired) electrons. The van der Waals surface area contributed by atoms with E-state index in [2.05, 4.69) is 15.5 Å². The molecule has 0 saturated heterocycles. The first-order valence-corrected chi connectivity index (χ1v) is 5.91. The molecule has 1 unspecified atom stereocenters. The Bertz CT molecular complexity index is 539. The summed E-state index contributed by atoms with van der Waals surface area (Å²) in [5, 5.41) is 10.9. The lowest BCUT2D eigenvalue weighted by atomic mass is 10.1. The standard InChI is InChI=1S/C13H16N4O2/c1-17-9-15-16-11(17)8-14-12(13(18)19-2)10-6-4-3-5-7-10/h3-7,9,12,14H,8H2,1-2H3. The van der Waals surface area contributed by atoms with Gasteiger partial charge in [-0.15, -0.1) is 10.2 Å². The summed E-state index contributed by atoms with van der Waals surface area (Å²) in [5.74, 6) is 0.429. The fraction of sp³-hybridized carbons (Fsp3) is 0.308. The Morgan fingerprint density at radius 3 is 2.74 bits per heavy atom. The lowest BCUT2D eigenvalue weighted by Crippen LogP contribution is -2.30. The van der Waals surface area contributed by atoms with E-state index in [4.69, 9.17) is 4.74 Å². The van der Waals surface area contributed by atoms with Crippen LogP contribution in [0.2, 0.25) is 0 Å². The predicted molar refractivity (Wildman–Crippen MR) is 69.0 cm³/mol. The highest BCUT2D eigenvalue weighted by atomic mass is 16.5. The maximum Gasteiger partial charge on any atom is 0.327 e. The van der Waals surface area contributed by atoms with Gasteiger partial charge in [0.15, 0.2) is 0 Å². The van der Waals surface area contributed by atoms with Crippen LogP contribution in [0, 0.1) is 0 Å². The van der Waals surface area contributed by atoms with Crippen LogP contribution in [0.3, 0.4) is 0 Å². The Balaban J connectivity index is 2.11. The molecule has 0 aliphatic carbocycles. The van der Waals surface area contributed by atoms with Crippen LogP contribution in [0.4, 0.5) is 0 Å². The number of nitrogens with one attached hydrogen (secondary N) is 1. The molecule has 1 aromatic carbocycles. The number of carbonyl (C=O) groups is 1. The molecule has 1 aromatic heterocycles. The number of hydrogen-bond acceptors (Lipinski definition) is 5. The topological polar surface area (TPSA) is 69.0 Å². The first-order valence-electron chi connectivity index (χ1n) is 5.91. The summed E-state index contributed by atoms with van der Waals surface area (Å²) >= 11 is 0. The molecule has 1 N–H and O–H groups in total. The third-order valence-electron chi connectivity index (χ3n) is 2.84. The SMILES string of the molecule is COC(=O)C(NCc1nncn1C)c1ccccc1. The smallest absolute Gasteiger partial charge is 0.327 e. The van der Waals surface area contributed by atoms with Gasteiger partial charge in [0.2, 0.25) is 0 Å². The molecule has 6 heteroatoms. The summed E-state index contributed by atoms with van der Waals surface area (Å²) in [4.78, 5) is 11.8. The second kappa shape index (κ2) is 6.10. The number of esters is 1. The first-order chi connectivity index (χ1) is 9.22. The van der Waals surface area contributed by atoms with E-state index in [-0.39, 0.29) is 5.97 Å². The van der Waals surface area contributed by atoms with Gasteiger partial charge >= 0.3 is 5.97 Å². The maximum atomic E-state index is 11.8. The molecule has 6 nitrogen and oxygen atoms in total. The van der Waals surface area contributed by atoms with Gasteiger partial charge in [-0.3, -0.25) is 5.32 Å². The van der Waals surface area contributed by atoms with E-state index < -0.39 is 6.04 Å². The Hall–Kier alpha value is -2.21. The van der Waals surface area contributed by atoms with Crippen molar-refractivity contribution in [2.24, 2.45) is 7.05 Å². The minimum absolute atomic E-state index is 0.326. The summed E-state index contributed by atoms with van der Waals surface area (Å²) in [6.07, 6.45) is 1.62. The van der Waals surface area contributed by atoms with Crippen molar-refractivity contribution in [1.29, 1.82) is 0 Å². The first kappa shape index (κ1) is 13.2. The molecule has 100 valence electrons. The zero-order valence-corrected chi connectivity index (χ0v) is 10.9. The van der Waals surface area contributed by atoms with Crippen molar-refractivity contribution in [3.05, 3.63) is 48.0 Å². The van der Waals surface area contributed by atoms with Crippen molar-refractivity contribution in [3.63, 3.8) is 0 Å². The fourth-order valence-corrected chi connectivity index (χ4v) is 1.76. The van der Waals surface area contributed by atoms with Gasteiger partial charge in [-0.2, -0.15) is 0 Å². The van der Waals surface area contributed by atoms with Crippen molar-refractivity contribution in [3.8, 4) is 0 Å². The maximum absolute atomic E-state index is 11.8. The zero-order valence-electron chi connectivity index (χ0n) is 10.9. The molecule has 0 spiro atoms. The van der Waals surface area contributed by atoms with Gasteiger partial charge in [-0.25, -0.2) is 4.79 Å². The molecule has 0 aliphatic heterocycles. The lowest BCUT2D eigenvalue weighted by Gasteiger charge is -2.16. The third kappa shape index (κ3) is 3.17. The van der Waals surface area contributed by atoms with Gasteiger partial charge in [0.25, 0.3) is 0 Å². The van der Waals surface area contributed by atoms with Gasteiger partial charge in [-0.05, 0) is 5.56 Å².